The van der Waals surface area contributed by atoms with Crippen molar-refractivity contribution in [2.45, 2.75) is 26.4 Å². The molecule has 0 amide bonds. The molecule has 4 aromatic rings. The number of benzene rings is 3. The first-order valence-electron chi connectivity index (χ1n) is 10.4. The van der Waals surface area contributed by atoms with E-state index < -0.39 is 0 Å². The van der Waals surface area contributed by atoms with Crippen molar-refractivity contribution < 1.29 is 0 Å². The first-order chi connectivity index (χ1) is 14.5. The highest BCUT2D eigenvalue weighted by Crippen LogP contribution is 2.38. The smallest absolute Gasteiger partial charge is 0.0791 e. The van der Waals surface area contributed by atoms with E-state index >= 15 is 0 Å². The lowest BCUT2D eigenvalue weighted by Gasteiger charge is -2.23. The van der Waals surface area contributed by atoms with Gasteiger partial charge in [0.15, 0.2) is 0 Å². The third kappa shape index (κ3) is 3.66. The molecular weight excluding hydrogens is 390 g/mol. The van der Waals surface area contributed by atoms with Crippen molar-refractivity contribution in [1.82, 2.24) is 4.57 Å². The molecule has 0 radical (unpaired) electrons. The number of hydrogen-bond acceptors (Lipinski definition) is 2. The van der Waals surface area contributed by atoms with Crippen LogP contribution < -0.4 is 10.2 Å². The Kier molecular flexibility index (Phi) is 5.74. The van der Waals surface area contributed by atoms with Crippen LogP contribution in [-0.2, 0) is 6.54 Å². The van der Waals surface area contributed by atoms with Crippen LogP contribution in [0.2, 0.25) is 5.02 Å². The van der Waals surface area contributed by atoms with Crippen molar-refractivity contribution in [1.29, 1.82) is 0 Å². The van der Waals surface area contributed by atoms with E-state index in [0.717, 1.165) is 17.3 Å². The van der Waals surface area contributed by atoms with Crippen LogP contribution in [-0.4, -0.2) is 18.7 Å². The summed E-state index contributed by atoms with van der Waals surface area (Å²) in [5.74, 6) is 0. The predicted octanol–water partition coefficient (Wildman–Crippen LogP) is 6.89. The Balaban J connectivity index is 1.91. The molecule has 0 fully saturated rings. The van der Waals surface area contributed by atoms with Gasteiger partial charge in [-0.2, -0.15) is 0 Å². The number of hydrogen-bond donors (Lipinski definition) is 1. The fourth-order valence-corrected chi connectivity index (χ4v) is 4.44. The van der Waals surface area contributed by atoms with Crippen LogP contribution in [0.25, 0.3) is 10.9 Å². The van der Waals surface area contributed by atoms with E-state index in [1.54, 1.807) is 0 Å². The highest BCUT2D eigenvalue weighted by atomic mass is 35.5. The molecule has 0 spiro atoms. The highest BCUT2D eigenvalue weighted by molar-refractivity contribution is 6.33. The second-order valence-electron chi connectivity index (χ2n) is 7.80. The molecule has 4 heteroatoms. The van der Waals surface area contributed by atoms with Gasteiger partial charge in [-0.05, 0) is 49.7 Å². The topological polar surface area (TPSA) is 20.2 Å². The molecule has 0 saturated heterocycles. The van der Waals surface area contributed by atoms with Crippen LogP contribution in [0.4, 0.5) is 11.4 Å². The summed E-state index contributed by atoms with van der Waals surface area (Å²) < 4.78 is 2.39. The first-order valence-corrected chi connectivity index (χ1v) is 10.7. The molecule has 0 aliphatic heterocycles. The Morgan fingerprint density at radius 3 is 2.27 bits per heavy atom. The van der Waals surface area contributed by atoms with E-state index in [9.17, 15) is 0 Å². The van der Waals surface area contributed by atoms with Crippen LogP contribution in [0.5, 0.6) is 0 Å². The molecule has 0 bridgehead atoms. The van der Waals surface area contributed by atoms with Gasteiger partial charge in [0.05, 0.1) is 16.8 Å². The minimum Gasteiger partial charge on any atom is -0.378 e. The molecular formula is C26H28ClN3. The largest absolute Gasteiger partial charge is 0.378 e. The first kappa shape index (κ1) is 20.4. The number of halogens is 1. The van der Waals surface area contributed by atoms with Gasteiger partial charge < -0.3 is 14.8 Å². The Labute approximate surface area is 183 Å². The van der Waals surface area contributed by atoms with Crippen LogP contribution in [0.3, 0.4) is 0 Å². The van der Waals surface area contributed by atoms with Crippen LogP contribution >= 0.6 is 11.6 Å². The monoisotopic (exact) mass is 417 g/mol. The zero-order chi connectivity index (χ0) is 21.3. The maximum absolute atomic E-state index is 6.53. The molecule has 30 heavy (non-hydrogen) atoms. The summed E-state index contributed by atoms with van der Waals surface area (Å²) in [5, 5.41) is 5.74. The minimum atomic E-state index is -0.0150. The van der Waals surface area contributed by atoms with Gasteiger partial charge in [-0.15, -0.1) is 0 Å². The quantitative estimate of drug-likeness (QED) is 0.368. The summed E-state index contributed by atoms with van der Waals surface area (Å²) in [4.78, 5) is 2.12. The summed E-state index contributed by atoms with van der Waals surface area (Å²) in [7, 11) is 4.13. The Morgan fingerprint density at radius 1 is 0.933 bits per heavy atom. The molecule has 0 aliphatic carbocycles. The fourth-order valence-electron chi connectivity index (χ4n) is 4.25. The highest BCUT2D eigenvalue weighted by Gasteiger charge is 2.23. The van der Waals surface area contributed by atoms with Crippen LogP contribution in [0.15, 0.2) is 72.8 Å². The minimum absolute atomic E-state index is 0.0150. The zero-order valence-corrected chi connectivity index (χ0v) is 18.7. The van der Waals surface area contributed by atoms with Gasteiger partial charge in [-0.1, -0.05) is 54.1 Å². The lowest BCUT2D eigenvalue weighted by molar-refractivity contribution is 0.756. The predicted molar refractivity (Wildman–Crippen MR) is 130 cm³/mol. The molecule has 154 valence electrons. The van der Waals surface area contributed by atoms with Crippen LogP contribution in [0, 0.1) is 6.92 Å². The number of anilines is 2. The number of aromatic nitrogens is 1. The third-order valence-electron chi connectivity index (χ3n) is 5.80. The molecule has 1 N–H and O–H groups in total. The lowest BCUT2D eigenvalue weighted by Crippen LogP contribution is -2.15. The number of rotatable bonds is 6. The molecule has 1 atom stereocenters. The number of fused-ring (bicyclic) bond motifs is 1. The maximum Gasteiger partial charge on any atom is 0.0791 e. The normalized spacial score (nSPS) is 12.2. The van der Waals surface area contributed by atoms with E-state index in [-0.39, 0.29) is 6.04 Å². The van der Waals surface area contributed by atoms with Crippen LogP contribution in [0.1, 0.15) is 29.8 Å². The van der Waals surface area contributed by atoms with Crippen molar-refractivity contribution >= 4 is 33.9 Å². The van der Waals surface area contributed by atoms with Gasteiger partial charge in [0.25, 0.3) is 0 Å². The molecule has 4 rings (SSSR count). The van der Waals surface area contributed by atoms with Crippen molar-refractivity contribution in [2.75, 3.05) is 24.3 Å². The Bertz CT molecular complexity index is 1160. The van der Waals surface area contributed by atoms with Gasteiger partial charge in [0.1, 0.15) is 0 Å². The maximum atomic E-state index is 6.53. The number of nitrogens with zero attached hydrogens (tertiary/aromatic N) is 2. The summed E-state index contributed by atoms with van der Waals surface area (Å²) >= 11 is 6.53. The molecule has 0 aliphatic rings. The Hall–Kier alpha value is -2.91. The average Bonchev–Trinajstić information content (AvgIpc) is 3.04. The molecule has 1 unspecified atom stereocenters. The van der Waals surface area contributed by atoms with Crippen molar-refractivity contribution in [3.05, 3.63) is 94.6 Å². The second kappa shape index (κ2) is 8.45. The van der Waals surface area contributed by atoms with E-state index in [1.165, 1.54) is 33.4 Å². The number of nitrogens with one attached hydrogen (secondary N) is 1. The van der Waals surface area contributed by atoms with Gasteiger partial charge in [-0.25, -0.2) is 0 Å². The van der Waals surface area contributed by atoms with Gasteiger partial charge >= 0.3 is 0 Å². The summed E-state index contributed by atoms with van der Waals surface area (Å²) in [6, 6.07) is 25.3. The summed E-state index contributed by atoms with van der Waals surface area (Å²) in [6.07, 6.45) is 0. The SMILES string of the molecule is CCn1c(C)c(C(Nc2ccccc2Cl)c2ccc(N(C)C)cc2)c2ccccc21. The fraction of sp³-hybridized carbons (Fsp3) is 0.231. The van der Waals surface area contributed by atoms with E-state index in [4.69, 9.17) is 11.6 Å². The van der Waals surface area contributed by atoms with Gasteiger partial charge in [0, 0.05) is 48.5 Å². The second-order valence-corrected chi connectivity index (χ2v) is 8.21. The number of aryl methyl sites for hydroxylation is 1. The van der Waals surface area contributed by atoms with Crippen molar-refractivity contribution in [2.24, 2.45) is 0 Å². The molecule has 3 aromatic carbocycles. The average molecular weight is 418 g/mol. The summed E-state index contributed by atoms with van der Waals surface area (Å²) in [6.45, 7) is 5.35. The summed E-state index contributed by atoms with van der Waals surface area (Å²) in [5.41, 5.74) is 7.17. The molecule has 1 heterocycles. The van der Waals surface area contributed by atoms with E-state index in [1.807, 2.05) is 24.3 Å². The standard InChI is InChI=1S/C26H28ClN3/c1-5-30-18(2)25(21-10-6-9-13-24(21)30)26(28-23-12-8-7-11-22(23)27)19-14-16-20(17-15-19)29(3)4/h6-17,26,28H,5H2,1-4H3. The van der Waals surface area contributed by atoms with Crippen molar-refractivity contribution in [3.63, 3.8) is 0 Å². The molecule has 0 saturated carbocycles. The Morgan fingerprint density at radius 2 is 1.60 bits per heavy atom. The molecule has 1 aromatic heterocycles. The van der Waals surface area contributed by atoms with E-state index in [2.05, 4.69) is 91.3 Å². The lowest BCUT2D eigenvalue weighted by atomic mass is 9.95. The van der Waals surface area contributed by atoms with Crippen molar-refractivity contribution in [3.8, 4) is 0 Å². The van der Waals surface area contributed by atoms with Gasteiger partial charge in [0.2, 0.25) is 0 Å². The zero-order valence-electron chi connectivity index (χ0n) is 18.0. The number of para-hydroxylation sites is 2. The third-order valence-corrected chi connectivity index (χ3v) is 6.13. The van der Waals surface area contributed by atoms with Gasteiger partial charge in [-0.3, -0.25) is 0 Å². The van der Waals surface area contributed by atoms with E-state index in [0.29, 0.717) is 0 Å². The molecule has 3 nitrogen and oxygen atoms in total.